The Morgan fingerprint density at radius 3 is 2.32 bits per heavy atom. The maximum atomic E-state index is 5.84. The van der Waals surface area contributed by atoms with Gasteiger partial charge in [-0.2, -0.15) is 0 Å². The monoisotopic (exact) mass is 255 g/mol. The maximum Gasteiger partial charge on any atom is 0.0447 e. The van der Waals surface area contributed by atoms with E-state index in [4.69, 9.17) is 5.73 Å². The predicted octanol–water partition coefficient (Wildman–Crippen LogP) is 2.05. The van der Waals surface area contributed by atoms with Crippen LogP contribution in [0.4, 0.5) is 5.69 Å². The van der Waals surface area contributed by atoms with E-state index in [1.807, 2.05) is 0 Å². The molecule has 0 radical (unpaired) electrons. The minimum Gasteiger partial charge on any atom is -0.368 e. The number of rotatable bonds is 2. The largest absolute Gasteiger partial charge is 0.368 e. The van der Waals surface area contributed by atoms with E-state index in [9.17, 15) is 0 Å². The Hall–Kier alpha value is -1.58. The van der Waals surface area contributed by atoms with Gasteiger partial charge < -0.3 is 15.5 Å². The molecule has 1 aliphatic heterocycles. The third-order valence-corrected chi connectivity index (χ3v) is 4.06. The molecule has 1 saturated heterocycles. The summed E-state index contributed by atoms with van der Waals surface area (Å²) in [6.07, 6.45) is 0. The van der Waals surface area contributed by atoms with Gasteiger partial charge in [-0.1, -0.05) is 30.3 Å². The molecule has 1 heterocycles. The molecule has 0 aromatic heterocycles. The van der Waals surface area contributed by atoms with E-state index in [2.05, 4.69) is 53.2 Å². The normalized spacial score (nSPS) is 17.1. The van der Waals surface area contributed by atoms with Crippen molar-refractivity contribution in [2.24, 2.45) is 5.73 Å². The molecule has 3 heteroatoms. The summed E-state index contributed by atoms with van der Waals surface area (Å²) in [6.45, 7) is 5.06. The van der Waals surface area contributed by atoms with Crippen LogP contribution in [0.25, 0.3) is 10.8 Å². The Morgan fingerprint density at radius 2 is 1.63 bits per heavy atom. The maximum absolute atomic E-state index is 5.84. The van der Waals surface area contributed by atoms with Gasteiger partial charge in [0.2, 0.25) is 0 Å². The van der Waals surface area contributed by atoms with Crippen LogP contribution in [0.15, 0.2) is 36.4 Å². The van der Waals surface area contributed by atoms with Crippen LogP contribution in [0.3, 0.4) is 0 Å². The molecule has 0 atom stereocenters. The number of anilines is 1. The average Bonchev–Trinajstić information content (AvgIpc) is 2.47. The van der Waals surface area contributed by atoms with Gasteiger partial charge in [-0.25, -0.2) is 0 Å². The number of hydrogen-bond donors (Lipinski definition) is 1. The summed E-state index contributed by atoms with van der Waals surface area (Å²) in [7, 11) is 2.19. The van der Waals surface area contributed by atoms with Crippen LogP contribution < -0.4 is 10.6 Å². The summed E-state index contributed by atoms with van der Waals surface area (Å²) in [5.41, 5.74) is 8.42. The van der Waals surface area contributed by atoms with Crippen LogP contribution in [-0.2, 0) is 6.54 Å². The fraction of sp³-hybridized carbons (Fsp3) is 0.375. The van der Waals surface area contributed by atoms with E-state index in [0.29, 0.717) is 6.54 Å². The zero-order valence-corrected chi connectivity index (χ0v) is 11.5. The van der Waals surface area contributed by atoms with Gasteiger partial charge in [0.25, 0.3) is 0 Å². The molecule has 0 aliphatic carbocycles. The molecule has 100 valence electrons. The van der Waals surface area contributed by atoms with Crippen LogP contribution in [0.5, 0.6) is 0 Å². The van der Waals surface area contributed by atoms with Crippen molar-refractivity contribution in [3.05, 3.63) is 42.0 Å². The number of piperazine rings is 1. The molecule has 0 amide bonds. The van der Waals surface area contributed by atoms with Gasteiger partial charge in [-0.05, 0) is 24.1 Å². The number of fused-ring (bicyclic) bond motifs is 1. The highest BCUT2D eigenvalue weighted by Gasteiger charge is 2.16. The second-order valence-electron chi connectivity index (χ2n) is 5.28. The van der Waals surface area contributed by atoms with Crippen LogP contribution in [-0.4, -0.2) is 38.1 Å². The van der Waals surface area contributed by atoms with Crippen LogP contribution in [0.1, 0.15) is 5.56 Å². The zero-order chi connectivity index (χ0) is 13.2. The van der Waals surface area contributed by atoms with E-state index >= 15 is 0 Å². The first-order valence-corrected chi connectivity index (χ1v) is 6.94. The molecule has 2 aromatic carbocycles. The third-order valence-electron chi connectivity index (χ3n) is 4.06. The molecule has 3 nitrogen and oxygen atoms in total. The molecule has 3 rings (SSSR count). The molecule has 1 aliphatic rings. The lowest BCUT2D eigenvalue weighted by molar-refractivity contribution is 0.313. The van der Waals surface area contributed by atoms with Crippen molar-refractivity contribution in [3.63, 3.8) is 0 Å². The minimum absolute atomic E-state index is 0.601. The Labute approximate surface area is 114 Å². The number of nitrogens with two attached hydrogens (primary N) is 1. The molecule has 2 aromatic rings. The minimum atomic E-state index is 0.601. The number of likely N-dealkylation sites (N-methyl/N-ethyl adjacent to an activating group) is 1. The highest BCUT2D eigenvalue weighted by molar-refractivity contribution is 5.96. The molecule has 19 heavy (non-hydrogen) atoms. The SMILES string of the molecule is CN1CCN(c2ccc(CN)c3ccccc23)CC1. The molecule has 0 unspecified atom stereocenters. The standard InChI is InChI=1S/C16H21N3/c1-18-8-10-19(11-9-18)16-7-6-13(12-17)14-4-2-3-5-15(14)16/h2-7H,8-12,17H2,1H3. The lowest BCUT2D eigenvalue weighted by atomic mass is 10.0. The van der Waals surface area contributed by atoms with E-state index < -0.39 is 0 Å². The molecule has 0 saturated carbocycles. The van der Waals surface area contributed by atoms with Gasteiger partial charge in [0, 0.05) is 43.8 Å². The Morgan fingerprint density at radius 1 is 0.947 bits per heavy atom. The molecule has 0 spiro atoms. The van der Waals surface area contributed by atoms with Crippen LogP contribution in [0.2, 0.25) is 0 Å². The molecule has 0 bridgehead atoms. The topological polar surface area (TPSA) is 32.5 Å². The van der Waals surface area contributed by atoms with Crippen LogP contribution >= 0.6 is 0 Å². The summed E-state index contributed by atoms with van der Waals surface area (Å²) in [5.74, 6) is 0. The summed E-state index contributed by atoms with van der Waals surface area (Å²) < 4.78 is 0. The summed E-state index contributed by atoms with van der Waals surface area (Å²) in [6, 6.07) is 13.0. The predicted molar refractivity (Wildman–Crippen MR) is 81.5 cm³/mol. The highest BCUT2D eigenvalue weighted by atomic mass is 15.2. The third kappa shape index (κ3) is 2.31. The zero-order valence-electron chi connectivity index (χ0n) is 11.5. The number of hydrogen-bond acceptors (Lipinski definition) is 3. The summed E-state index contributed by atoms with van der Waals surface area (Å²) >= 11 is 0. The van der Waals surface area contributed by atoms with Gasteiger partial charge in [-0.15, -0.1) is 0 Å². The average molecular weight is 255 g/mol. The highest BCUT2D eigenvalue weighted by Crippen LogP contribution is 2.30. The van der Waals surface area contributed by atoms with Crippen molar-refractivity contribution in [3.8, 4) is 0 Å². The van der Waals surface area contributed by atoms with Crippen molar-refractivity contribution >= 4 is 16.5 Å². The van der Waals surface area contributed by atoms with Crippen molar-refractivity contribution < 1.29 is 0 Å². The van der Waals surface area contributed by atoms with E-state index in [1.54, 1.807) is 0 Å². The quantitative estimate of drug-likeness (QED) is 0.891. The number of nitrogens with zero attached hydrogens (tertiary/aromatic N) is 2. The van der Waals surface area contributed by atoms with Crippen molar-refractivity contribution in [1.29, 1.82) is 0 Å². The Balaban J connectivity index is 2.04. The van der Waals surface area contributed by atoms with Gasteiger partial charge in [0.15, 0.2) is 0 Å². The second-order valence-corrected chi connectivity index (χ2v) is 5.28. The van der Waals surface area contributed by atoms with E-state index in [0.717, 1.165) is 26.2 Å². The van der Waals surface area contributed by atoms with Crippen molar-refractivity contribution in [2.75, 3.05) is 38.1 Å². The van der Waals surface area contributed by atoms with E-state index in [1.165, 1.54) is 22.0 Å². The first kappa shape index (κ1) is 12.5. The first-order valence-electron chi connectivity index (χ1n) is 6.94. The fourth-order valence-electron chi connectivity index (χ4n) is 2.85. The molecular formula is C16H21N3. The van der Waals surface area contributed by atoms with Gasteiger partial charge in [-0.3, -0.25) is 0 Å². The van der Waals surface area contributed by atoms with Gasteiger partial charge in [0.1, 0.15) is 0 Å². The molecule has 1 fully saturated rings. The van der Waals surface area contributed by atoms with Gasteiger partial charge >= 0.3 is 0 Å². The van der Waals surface area contributed by atoms with Crippen LogP contribution in [0, 0.1) is 0 Å². The lowest BCUT2D eigenvalue weighted by Gasteiger charge is -2.35. The summed E-state index contributed by atoms with van der Waals surface area (Å²) in [5, 5.41) is 2.62. The smallest absolute Gasteiger partial charge is 0.0447 e. The van der Waals surface area contributed by atoms with Crippen molar-refractivity contribution in [1.82, 2.24) is 4.90 Å². The lowest BCUT2D eigenvalue weighted by Crippen LogP contribution is -2.44. The first-order chi connectivity index (χ1) is 9.29. The summed E-state index contributed by atoms with van der Waals surface area (Å²) in [4.78, 5) is 4.87. The number of benzene rings is 2. The molecular weight excluding hydrogens is 234 g/mol. The Kier molecular flexibility index (Phi) is 3.40. The van der Waals surface area contributed by atoms with E-state index in [-0.39, 0.29) is 0 Å². The van der Waals surface area contributed by atoms with Gasteiger partial charge in [0.05, 0.1) is 0 Å². The second kappa shape index (κ2) is 5.19. The fourth-order valence-corrected chi connectivity index (χ4v) is 2.85. The Bertz CT molecular complexity index is 571. The molecule has 2 N–H and O–H groups in total. The van der Waals surface area contributed by atoms with Crippen molar-refractivity contribution in [2.45, 2.75) is 6.54 Å².